The lowest BCUT2D eigenvalue weighted by Gasteiger charge is -2.32. The highest BCUT2D eigenvalue weighted by Gasteiger charge is 2.51. The van der Waals surface area contributed by atoms with Crippen molar-refractivity contribution in [1.82, 2.24) is 4.31 Å². The number of hydrogen-bond acceptors (Lipinski definition) is 3. The van der Waals surface area contributed by atoms with Gasteiger partial charge in [-0.15, -0.1) is 0 Å². The Bertz CT molecular complexity index is 628. The summed E-state index contributed by atoms with van der Waals surface area (Å²) in [5.41, 5.74) is 0. The lowest BCUT2D eigenvalue weighted by molar-refractivity contribution is -0.141. The van der Waals surface area contributed by atoms with E-state index < -0.39 is 22.0 Å². The van der Waals surface area contributed by atoms with Crippen LogP contribution < -0.4 is 0 Å². The number of rotatable bonds is 3. The molecule has 0 bridgehead atoms. The van der Waals surface area contributed by atoms with Gasteiger partial charge in [-0.05, 0) is 37.3 Å². The summed E-state index contributed by atoms with van der Waals surface area (Å²) >= 11 is 0. The summed E-state index contributed by atoms with van der Waals surface area (Å²) in [6.07, 6.45) is 4.16. The summed E-state index contributed by atoms with van der Waals surface area (Å²) < 4.78 is 27.0. The molecule has 0 radical (unpaired) electrons. The summed E-state index contributed by atoms with van der Waals surface area (Å²) in [7, 11) is -3.75. The van der Waals surface area contributed by atoms with Crippen molar-refractivity contribution in [3.05, 3.63) is 30.3 Å². The normalized spacial score (nSPS) is 30.0. The van der Waals surface area contributed by atoms with Gasteiger partial charge in [0.05, 0.1) is 4.90 Å². The molecule has 1 aliphatic carbocycles. The molecule has 2 fully saturated rings. The lowest BCUT2D eigenvalue weighted by Crippen LogP contribution is -2.46. The van der Waals surface area contributed by atoms with Crippen molar-refractivity contribution in [2.24, 2.45) is 5.92 Å². The van der Waals surface area contributed by atoms with Gasteiger partial charge < -0.3 is 5.11 Å². The summed E-state index contributed by atoms with van der Waals surface area (Å²) in [5, 5.41) is 9.43. The van der Waals surface area contributed by atoms with Crippen molar-refractivity contribution in [3.63, 3.8) is 0 Å². The van der Waals surface area contributed by atoms with Crippen molar-refractivity contribution < 1.29 is 18.3 Å². The molecule has 6 heteroatoms. The number of sulfonamides is 1. The van der Waals surface area contributed by atoms with Crippen LogP contribution in [0, 0.1) is 5.92 Å². The Morgan fingerprint density at radius 1 is 1.14 bits per heavy atom. The van der Waals surface area contributed by atoms with Crippen LogP contribution in [0.1, 0.15) is 32.1 Å². The quantitative estimate of drug-likeness (QED) is 0.928. The molecule has 1 saturated carbocycles. The topological polar surface area (TPSA) is 74.7 Å². The van der Waals surface area contributed by atoms with Crippen molar-refractivity contribution in [3.8, 4) is 0 Å². The SMILES string of the molecule is O=C(O)[C@@H]1C[C@@H]2CCCC[C@H]2N1S(=O)(=O)c1ccccc1. The maximum Gasteiger partial charge on any atom is 0.322 e. The third kappa shape index (κ3) is 2.46. The Morgan fingerprint density at radius 2 is 1.81 bits per heavy atom. The van der Waals surface area contributed by atoms with Gasteiger partial charge in [0.15, 0.2) is 0 Å². The number of carboxylic acid groups (broad SMARTS) is 1. The fourth-order valence-electron chi connectivity index (χ4n) is 3.69. The first-order chi connectivity index (χ1) is 10.0. The van der Waals surface area contributed by atoms with E-state index in [9.17, 15) is 18.3 Å². The average Bonchev–Trinajstić information content (AvgIpc) is 2.88. The van der Waals surface area contributed by atoms with E-state index in [0.29, 0.717) is 6.42 Å². The molecule has 1 N–H and O–H groups in total. The van der Waals surface area contributed by atoms with Crippen LogP contribution in [-0.2, 0) is 14.8 Å². The lowest BCUT2D eigenvalue weighted by atomic mass is 9.85. The average molecular weight is 309 g/mol. The Morgan fingerprint density at radius 3 is 2.48 bits per heavy atom. The minimum absolute atomic E-state index is 0.162. The molecule has 1 aliphatic heterocycles. The molecule has 0 amide bonds. The van der Waals surface area contributed by atoms with Gasteiger partial charge in [-0.2, -0.15) is 4.31 Å². The van der Waals surface area contributed by atoms with Gasteiger partial charge in [0.2, 0.25) is 10.0 Å². The second kappa shape index (κ2) is 5.42. The highest BCUT2D eigenvalue weighted by Crippen LogP contribution is 2.42. The van der Waals surface area contributed by atoms with Crippen LogP contribution in [0.3, 0.4) is 0 Å². The van der Waals surface area contributed by atoms with Gasteiger partial charge >= 0.3 is 5.97 Å². The standard InChI is InChI=1S/C15H19NO4S/c17-15(18)14-10-11-6-4-5-9-13(11)16(14)21(19,20)12-7-2-1-3-8-12/h1-3,7-8,11,13-14H,4-6,9-10H2,(H,17,18)/t11-,13+,14-/m0/s1. The monoisotopic (exact) mass is 309 g/mol. The molecule has 1 aromatic rings. The van der Waals surface area contributed by atoms with Crippen molar-refractivity contribution in [2.45, 2.75) is 49.1 Å². The van der Waals surface area contributed by atoms with Crippen LogP contribution in [0.4, 0.5) is 0 Å². The Hall–Kier alpha value is -1.40. The first kappa shape index (κ1) is 14.5. The minimum atomic E-state index is -3.75. The van der Waals surface area contributed by atoms with Gasteiger partial charge in [0, 0.05) is 6.04 Å². The van der Waals surface area contributed by atoms with E-state index in [4.69, 9.17) is 0 Å². The highest BCUT2D eigenvalue weighted by atomic mass is 32.2. The van der Waals surface area contributed by atoms with Crippen LogP contribution >= 0.6 is 0 Å². The molecule has 3 rings (SSSR count). The summed E-state index contributed by atoms with van der Waals surface area (Å²) in [6, 6.07) is 7.05. The van der Waals surface area contributed by atoms with E-state index in [1.165, 1.54) is 16.4 Å². The van der Waals surface area contributed by atoms with Crippen molar-refractivity contribution in [1.29, 1.82) is 0 Å². The second-order valence-electron chi connectivity index (χ2n) is 5.85. The summed E-state index contributed by atoms with van der Waals surface area (Å²) in [5.74, 6) is -0.859. The molecule has 5 nitrogen and oxygen atoms in total. The fourth-order valence-corrected chi connectivity index (χ4v) is 5.58. The molecule has 114 valence electrons. The Labute approximate surface area is 124 Å². The summed E-state index contributed by atoms with van der Waals surface area (Å²) in [6.45, 7) is 0. The van der Waals surface area contributed by atoms with Gasteiger partial charge in [-0.1, -0.05) is 31.0 Å². The molecule has 0 unspecified atom stereocenters. The van der Waals surface area contributed by atoms with Gasteiger partial charge in [-0.25, -0.2) is 8.42 Å². The summed E-state index contributed by atoms with van der Waals surface area (Å²) in [4.78, 5) is 11.7. The van der Waals surface area contributed by atoms with Crippen molar-refractivity contribution in [2.75, 3.05) is 0 Å². The van der Waals surface area contributed by atoms with Gasteiger partial charge in [0.25, 0.3) is 0 Å². The number of aliphatic carboxylic acids is 1. The highest BCUT2D eigenvalue weighted by molar-refractivity contribution is 7.89. The molecule has 21 heavy (non-hydrogen) atoms. The zero-order chi connectivity index (χ0) is 15.0. The van der Waals surface area contributed by atoms with Crippen LogP contribution in [0.25, 0.3) is 0 Å². The Kier molecular flexibility index (Phi) is 3.75. The van der Waals surface area contributed by atoms with Gasteiger partial charge in [0.1, 0.15) is 6.04 Å². The molecule has 1 heterocycles. The first-order valence-corrected chi connectivity index (χ1v) is 8.77. The number of fused-ring (bicyclic) bond motifs is 1. The molecule has 1 saturated heterocycles. The molecule has 0 spiro atoms. The van der Waals surface area contributed by atoms with Crippen molar-refractivity contribution >= 4 is 16.0 Å². The molecule has 0 aromatic heterocycles. The number of carbonyl (C=O) groups is 1. The molecule has 2 aliphatic rings. The predicted molar refractivity (Wildman–Crippen MR) is 77.3 cm³/mol. The van der Waals surface area contributed by atoms with E-state index in [-0.39, 0.29) is 16.9 Å². The van der Waals surface area contributed by atoms with E-state index in [0.717, 1.165) is 25.7 Å². The van der Waals surface area contributed by atoms with Gasteiger partial charge in [-0.3, -0.25) is 4.79 Å². The van der Waals surface area contributed by atoms with Crippen LogP contribution in [0.2, 0.25) is 0 Å². The maximum atomic E-state index is 12.9. The molecular formula is C15H19NO4S. The van der Waals surface area contributed by atoms with Crippen LogP contribution in [-0.4, -0.2) is 35.9 Å². The first-order valence-electron chi connectivity index (χ1n) is 7.33. The Balaban J connectivity index is 2.02. The van der Waals surface area contributed by atoms with E-state index in [1.807, 2.05) is 0 Å². The largest absolute Gasteiger partial charge is 0.480 e. The maximum absolute atomic E-state index is 12.9. The zero-order valence-electron chi connectivity index (χ0n) is 11.7. The van der Waals surface area contributed by atoms with E-state index in [1.54, 1.807) is 18.2 Å². The minimum Gasteiger partial charge on any atom is -0.480 e. The molecule has 1 aromatic carbocycles. The fraction of sp³-hybridized carbons (Fsp3) is 0.533. The van der Waals surface area contributed by atoms with Crippen LogP contribution in [0.5, 0.6) is 0 Å². The van der Waals surface area contributed by atoms with Crippen LogP contribution in [0.15, 0.2) is 35.2 Å². The second-order valence-corrected chi connectivity index (χ2v) is 7.69. The van der Waals surface area contributed by atoms with E-state index in [2.05, 4.69) is 0 Å². The zero-order valence-corrected chi connectivity index (χ0v) is 12.5. The number of carboxylic acids is 1. The number of benzene rings is 1. The smallest absolute Gasteiger partial charge is 0.322 e. The third-order valence-corrected chi connectivity index (χ3v) is 6.58. The number of hydrogen-bond donors (Lipinski definition) is 1. The molecule has 3 atom stereocenters. The molecular weight excluding hydrogens is 290 g/mol. The van der Waals surface area contributed by atoms with E-state index >= 15 is 0 Å². The third-order valence-electron chi connectivity index (χ3n) is 4.63. The predicted octanol–water partition coefficient (Wildman–Crippen LogP) is 2.09. The number of nitrogens with zero attached hydrogens (tertiary/aromatic N) is 1.